The van der Waals surface area contributed by atoms with Gasteiger partial charge in [0.2, 0.25) is 0 Å². The molecule has 0 radical (unpaired) electrons. The van der Waals surface area contributed by atoms with Crippen molar-refractivity contribution in [1.29, 1.82) is 0 Å². The zero-order chi connectivity index (χ0) is 17.0. The second-order valence-corrected chi connectivity index (χ2v) is 8.48. The average molecular weight is 361 g/mol. The molecule has 0 bridgehead atoms. The Morgan fingerprint density at radius 3 is 2.48 bits per heavy atom. The van der Waals surface area contributed by atoms with Crippen molar-refractivity contribution in [2.45, 2.75) is 32.0 Å². The fourth-order valence-electron chi connectivity index (χ4n) is 3.13. The lowest BCUT2D eigenvalue weighted by Gasteiger charge is -2.32. The molecular formula is C16H25ClN2O3S. The zero-order valence-electron chi connectivity index (χ0n) is 13.6. The number of halogens is 1. The third kappa shape index (κ3) is 4.67. The molecule has 1 aliphatic heterocycles. The largest absolute Gasteiger partial charge is 0.390 e. The molecule has 2 rings (SSSR count). The highest BCUT2D eigenvalue weighted by Crippen LogP contribution is 2.27. The first-order chi connectivity index (χ1) is 10.9. The van der Waals surface area contributed by atoms with E-state index in [1.165, 1.54) is 0 Å². The van der Waals surface area contributed by atoms with Crippen LogP contribution in [-0.4, -0.2) is 61.7 Å². The number of rotatable bonds is 7. The van der Waals surface area contributed by atoms with E-state index in [0.717, 1.165) is 18.7 Å². The smallest absolute Gasteiger partial charge is 0.154 e. The highest BCUT2D eigenvalue weighted by molar-refractivity contribution is 7.91. The van der Waals surface area contributed by atoms with Crippen molar-refractivity contribution in [3.05, 3.63) is 34.9 Å². The number of hydrogen-bond donors (Lipinski definition) is 2. The molecule has 1 aromatic carbocycles. The van der Waals surface area contributed by atoms with Crippen LogP contribution in [-0.2, 0) is 9.84 Å². The monoisotopic (exact) mass is 360 g/mol. The Labute approximate surface area is 143 Å². The molecule has 2 N–H and O–H groups in total. The van der Waals surface area contributed by atoms with Gasteiger partial charge in [0.1, 0.15) is 0 Å². The van der Waals surface area contributed by atoms with Crippen LogP contribution in [0.15, 0.2) is 24.3 Å². The molecule has 1 fully saturated rings. The molecule has 1 aromatic rings. The van der Waals surface area contributed by atoms with E-state index in [9.17, 15) is 13.5 Å². The van der Waals surface area contributed by atoms with Crippen molar-refractivity contribution < 1.29 is 13.5 Å². The van der Waals surface area contributed by atoms with Gasteiger partial charge in [-0.2, -0.15) is 0 Å². The molecule has 3 atom stereocenters. The van der Waals surface area contributed by atoms with Gasteiger partial charge in [0.25, 0.3) is 0 Å². The van der Waals surface area contributed by atoms with Gasteiger partial charge < -0.3 is 10.4 Å². The quantitative estimate of drug-likeness (QED) is 0.770. The van der Waals surface area contributed by atoms with Crippen LogP contribution in [0.3, 0.4) is 0 Å². The average Bonchev–Trinajstić information content (AvgIpc) is 2.77. The van der Waals surface area contributed by atoms with Gasteiger partial charge in [-0.05, 0) is 24.7 Å². The third-order valence-corrected chi connectivity index (χ3v) is 6.47. The van der Waals surface area contributed by atoms with Crippen LogP contribution in [0.25, 0.3) is 0 Å². The highest BCUT2D eigenvalue weighted by Gasteiger charge is 2.36. The molecule has 1 saturated heterocycles. The number of sulfone groups is 1. The van der Waals surface area contributed by atoms with Gasteiger partial charge in [-0.3, -0.25) is 4.90 Å². The summed E-state index contributed by atoms with van der Waals surface area (Å²) in [5.41, 5.74) is 1.01. The molecule has 1 aliphatic rings. The summed E-state index contributed by atoms with van der Waals surface area (Å²) in [4.78, 5) is 2.27. The molecular weight excluding hydrogens is 336 g/mol. The Balaban J connectivity index is 2.14. The van der Waals surface area contributed by atoms with E-state index >= 15 is 0 Å². The summed E-state index contributed by atoms with van der Waals surface area (Å²) in [6.45, 7) is 6.44. The fourth-order valence-corrected chi connectivity index (χ4v) is 5.17. The SMILES string of the molecule is CCN(CC)[C@H](CN[C@@H]1CS(=O)(=O)C[C@H]1O)c1ccccc1Cl. The molecule has 0 aliphatic carbocycles. The normalized spacial score (nSPS) is 24.9. The maximum atomic E-state index is 11.6. The number of aliphatic hydroxyl groups excluding tert-OH is 1. The van der Waals surface area contributed by atoms with Gasteiger partial charge in [0.05, 0.1) is 17.6 Å². The van der Waals surface area contributed by atoms with Gasteiger partial charge in [0.15, 0.2) is 9.84 Å². The Morgan fingerprint density at radius 1 is 1.30 bits per heavy atom. The van der Waals surface area contributed by atoms with Gasteiger partial charge in [-0.25, -0.2) is 8.42 Å². The molecule has 0 spiro atoms. The maximum Gasteiger partial charge on any atom is 0.154 e. The molecule has 23 heavy (non-hydrogen) atoms. The zero-order valence-corrected chi connectivity index (χ0v) is 15.1. The topological polar surface area (TPSA) is 69.6 Å². The van der Waals surface area contributed by atoms with Crippen molar-refractivity contribution in [2.75, 3.05) is 31.1 Å². The van der Waals surface area contributed by atoms with E-state index in [2.05, 4.69) is 24.1 Å². The van der Waals surface area contributed by atoms with Crippen LogP contribution in [0.2, 0.25) is 5.02 Å². The van der Waals surface area contributed by atoms with Gasteiger partial charge in [0, 0.05) is 23.7 Å². The minimum Gasteiger partial charge on any atom is -0.390 e. The van der Waals surface area contributed by atoms with Crippen molar-refractivity contribution in [3.63, 3.8) is 0 Å². The van der Waals surface area contributed by atoms with E-state index < -0.39 is 22.0 Å². The summed E-state index contributed by atoms with van der Waals surface area (Å²) in [7, 11) is -3.15. The Hall–Kier alpha value is -0.660. The van der Waals surface area contributed by atoms with Crippen LogP contribution in [0.4, 0.5) is 0 Å². The van der Waals surface area contributed by atoms with E-state index in [0.29, 0.717) is 11.6 Å². The number of benzene rings is 1. The lowest BCUT2D eigenvalue weighted by Crippen LogP contribution is -2.44. The van der Waals surface area contributed by atoms with Crippen molar-refractivity contribution in [1.82, 2.24) is 10.2 Å². The van der Waals surface area contributed by atoms with Crippen LogP contribution in [0.1, 0.15) is 25.5 Å². The predicted octanol–water partition coefficient (Wildman–Crippen LogP) is 1.47. The van der Waals surface area contributed by atoms with E-state index in [1.54, 1.807) is 0 Å². The van der Waals surface area contributed by atoms with Gasteiger partial charge in [-0.15, -0.1) is 0 Å². The van der Waals surface area contributed by atoms with Crippen LogP contribution in [0.5, 0.6) is 0 Å². The highest BCUT2D eigenvalue weighted by atomic mass is 35.5. The number of nitrogens with zero attached hydrogens (tertiary/aromatic N) is 1. The molecule has 0 unspecified atom stereocenters. The van der Waals surface area contributed by atoms with Crippen molar-refractivity contribution in [2.24, 2.45) is 0 Å². The summed E-state index contributed by atoms with van der Waals surface area (Å²) in [5.74, 6) is -0.172. The number of nitrogens with one attached hydrogen (secondary N) is 1. The Kier molecular flexibility index (Phi) is 6.45. The summed E-state index contributed by atoms with van der Waals surface area (Å²) in [6, 6.07) is 7.32. The lowest BCUT2D eigenvalue weighted by molar-refractivity contribution is 0.151. The Morgan fingerprint density at radius 2 is 1.96 bits per heavy atom. The standard InChI is InChI=1S/C16H25ClN2O3S/c1-3-19(4-2)15(12-7-5-6-8-13(12)17)9-18-14-10-23(21,22)11-16(14)20/h5-8,14-16,18,20H,3-4,9-11H2,1-2H3/t14-,15-,16-/m1/s1. The first kappa shape index (κ1) is 18.7. The molecule has 0 saturated carbocycles. The third-order valence-electron chi connectivity index (χ3n) is 4.41. The van der Waals surface area contributed by atoms with E-state index in [-0.39, 0.29) is 17.5 Å². The van der Waals surface area contributed by atoms with Crippen LogP contribution >= 0.6 is 11.6 Å². The van der Waals surface area contributed by atoms with Crippen LogP contribution < -0.4 is 5.32 Å². The van der Waals surface area contributed by atoms with Gasteiger partial charge in [-0.1, -0.05) is 43.6 Å². The fraction of sp³-hybridized carbons (Fsp3) is 0.625. The first-order valence-electron chi connectivity index (χ1n) is 7.98. The summed E-state index contributed by atoms with van der Waals surface area (Å²) >= 11 is 6.35. The molecule has 0 amide bonds. The maximum absolute atomic E-state index is 11.6. The minimum atomic E-state index is -3.15. The first-order valence-corrected chi connectivity index (χ1v) is 10.2. The van der Waals surface area contributed by atoms with Crippen molar-refractivity contribution >= 4 is 21.4 Å². The number of aliphatic hydroxyl groups is 1. The summed E-state index contributed by atoms with van der Waals surface area (Å²) < 4.78 is 23.3. The van der Waals surface area contributed by atoms with E-state index in [4.69, 9.17) is 11.6 Å². The molecule has 1 heterocycles. The Bertz CT molecular complexity index is 620. The second kappa shape index (κ2) is 7.94. The molecule has 7 heteroatoms. The lowest BCUT2D eigenvalue weighted by atomic mass is 10.0. The number of likely N-dealkylation sites (N-methyl/N-ethyl adjacent to an activating group) is 1. The molecule has 5 nitrogen and oxygen atoms in total. The minimum absolute atomic E-state index is 0.0122. The number of hydrogen-bond acceptors (Lipinski definition) is 5. The van der Waals surface area contributed by atoms with Crippen LogP contribution in [0, 0.1) is 0 Å². The van der Waals surface area contributed by atoms with E-state index in [1.807, 2.05) is 24.3 Å². The molecule has 0 aromatic heterocycles. The summed E-state index contributed by atoms with van der Waals surface area (Å²) in [6.07, 6.45) is -0.844. The second-order valence-electron chi connectivity index (χ2n) is 5.92. The predicted molar refractivity (Wildman–Crippen MR) is 93.6 cm³/mol. The van der Waals surface area contributed by atoms with Crippen molar-refractivity contribution in [3.8, 4) is 0 Å². The van der Waals surface area contributed by atoms with Gasteiger partial charge >= 0.3 is 0 Å². The summed E-state index contributed by atoms with van der Waals surface area (Å²) in [5, 5.41) is 13.9. The molecule has 130 valence electrons.